The van der Waals surface area contributed by atoms with Crippen LogP contribution < -0.4 is 5.32 Å². The summed E-state index contributed by atoms with van der Waals surface area (Å²) in [6, 6.07) is 3.71. The van der Waals surface area contributed by atoms with Gasteiger partial charge in [0.2, 0.25) is 0 Å². The number of rotatable bonds is 4. The third kappa shape index (κ3) is 3.44. The second-order valence-electron chi connectivity index (χ2n) is 3.54. The highest BCUT2D eigenvalue weighted by atomic mass is 35.5. The van der Waals surface area contributed by atoms with E-state index in [1.807, 2.05) is 19.1 Å². The molecule has 15 heavy (non-hydrogen) atoms. The number of anilines is 1. The number of aryl methyl sites for hydroxylation is 1. The molecule has 0 aromatic heterocycles. The first-order valence-electron chi connectivity index (χ1n) is 4.90. The topological polar surface area (TPSA) is 12.0 Å². The van der Waals surface area contributed by atoms with E-state index in [-0.39, 0.29) is 0 Å². The lowest BCUT2D eigenvalue weighted by Gasteiger charge is -2.10. The maximum absolute atomic E-state index is 6.08. The van der Waals surface area contributed by atoms with Crippen LogP contribution in [0.4, 0.5) is 5.69 Å². The molecule has 0 heterocycles. The van der Waals surface area contributed by atoms with Gasteiger partial charge in [0, 0.05) is 11.6 Å². The molecule has 82 valence electrons. The third-order valence-corrected chi connectivity index (χ3v) is 3.00. The monoisotopic (exact) mass is 243 g/mol. The predicted molar refractivity (Wildman–Crippen MR) is 69.1 cm³/mol. The van der Waals surface area contributed by atoms with Crippen molar-refractivity contribution in [1.29, 1.82) is 0 Å². The summed E-state index contributed by atoms with van der Waals surface area (Å²) in [5.41, 5.74) is 2.99. The normalized spacial score (nSPS) is 10.1. The molecule has 3 heteroatoms. The summed E-state index contributed by atoms with van der Waals surface area (Å²) in [4.78, 5) is 0. The highest BCUT2D eigenvalue weighted by Crippen LogP contribution is 2.28. The molecule has 0 fully saturated rings. The van der Waals surface area contributed by atoms with E-state index in [2.05, 4.69) is 18.8 Å². The van der Waals surface area contributed by atoms with E-state index < -0.39 is 0 Å². The molecule has 0 atom stereocenters. The van der Waals surface area contributed by atoms with Gasteiger partial charge in [-0.2, -0.15) is 0 Å². The van der Waals surface area contributed by atoms with E-state index in [1.165, 1.54) is 0 Å². The molecule has 0 aliphatic rings. The number of halogens is 2. The smallest absolute Gasteiger partial charge is 0.0641 e. The van der Waals surface area contributed by atoms with Gasteiger partial charge in [-0.05, 0) is 31.0 Å². The van der Waals surface area contributed by atoms with Crippen molar-refractivity contribution in [3.8, 4) is 0 Å². The minimum atomic E-state index is 0.695. The van der Waals surface area contributed by atoms with Crippen molar-refractivity contribution in [1.82, 2.24) is 0 Å². The average Bonchev–Trinajstić information content (AvgIpc) is 2.21. The Hall–Kier alpha value is -0.660. The van der Waals surface area contributed by atoms with Gasteiger partial charge < -0.3 is 5.32 Å². The molecule has 0 spiro atoms. The van der Waals surface area contributed by atoms with Crippen molar-refractivity contribution in [2.45, 2.75) is 20.3 Å². The zero-order valence-corrected chi connectivity index (χ0v) is 10.5. The van der Waals surface area contributed by atoms with Crippen LogP contribution in [0.2, 0.25) is 10.0 Å². The van der Waals surface area contributed by atoms with E-state index in [1.54, 1.807) is 0 Å². The second-order valence-corrected chi connectivity index (χ2v) is 4.35. The Morgan fingerprint density at radius 2 is 2.00 bits per heavy atom. The van der Waals surface area contributed by atoms with Gasteiger partial charge in [0.05, 0.1) is 10.7 Å². The average molecular weight is 244 g/mol. The van der Waals surface area contributed by atoms with Crippen LogP contribution in [0.3, 0.4) is 0 Å². The first-order chi connectivity index (χ1) is 7.04. The number of nitrogens with one attached hydrogen (secondary N) is 1. The quantitative estimate of drug-likeness (QED) is 0.758. The van der Waals surface area contributed by atoms with Gasteiger partial charge in [0.25, 0.3) is 0 Å². The Balaban J connectivity index is 2.77. The standard InChI is InChI=1S/C12H15Cl2N/c1-4-8(2)7-15-12-6-10(13)9(3)5-11(12)14/h5-6,15H,2,4,7H2,1,3H3. The van der Waals surface area contributed by atoms with Gasteiger partial charge in [0.15, 0.2) is 0 Å². The van der Waals surface area contributed by atoms with Crippen molar-refractivity contribution in [3.63, 3.8) is 0 Å². The molecule has 1 aromatic rings. The Kier molecular flexibility index (Phi) is 4.49. The van der Waals surface area contributed by atoms with Crippen LogP contribution in [0.1, 0.15) is 18.9 Å². The van der Waals surface area contributed by atoms with Crippen LogP contribution in [0, 0.1) is 6.92 Å². The zero-order valence-electron chi connectivity index (χ0n) is 9.03. The largest absolute Gasteiger partial charge is 0.380 e. The minimum absolute atomic E-state index is 0.695. The van der Waals surface area contributed by atoms with Gasteiger partial charge in [-0.25, -0.2) is 0 Å². The molecule has 0 saturated carbocycles. The fourth-order valence-corrected chi connectivity index (χ4v) is 1.58. The van der Waals surface area contributed by atoms with Gasteiger partial charge in [-0.15, -0.1) is 0 Å². The van der Waals surface area contributed by atoms with Crippen LogP contribution in [-0.4, -0.2) is 6.54 Å². The summed E-state index contributed by atoms with van der Waals surface area (Å²) >= 11 is 12.1. The van der Waals surface area contributed by atoms with Crippen LogP contribution >= 0.6 is 23.2 Å². The maximum atomic E-state index is 6.08. The number of hydrogen-bond acceptors (Lipinski definition) is 1. The molecule has 0 radical (unpaired) electrons. The molecule has 0 amide bonds. The Morgan fingerprint density at radius 3 is 2.60 bits per heavy atom. The summed E-state index contributed by atoms with van der Waals surface area (Å²) in [6.45, 7) is 8.66. The molecule has 0 saturated heterocycles. The summed E-state index contributed by atoms with van der Waals surface area (Å²) < 4.78 is 0. The highest BCUT2D eigenvalue weighted by Gasteiger charge is 2.04. The molecule has 0 bridgehead atoms. The Labute approximate surface area is 101 Å². The molecule has 1 nitrogen and oxygen atoms in total. The highest BCUT2D eigenvalue weighted by molar-refractivity contribution is 6.35. The summed E-state index contributed by atoms with van der Waals surface area (Å²) in [5, 5.41) is 4.64. The van der Waals surface area contributed by atoms with E-state index in [0.717, 1.165) is 34.8 Å². The fourth-order valence-electron chi connectivity index (χ4n) is 1.13. The predicted octanol–water partition coefficient (Wildman–Crippen LogP) is 4.68. The SMILES string of the molecule is C=C(CC)CNc1cc(Cl)c(C)cc1Cl. The Bertz CT molecular complexity index is 372. The Morgan fingerprint density at radius 1 is 1.33 bits per heavy atom. The minimum Gasteiger partial charge on any atom is -0.380 e. The van der Waals surface area contributed by atoms with Crippen LogP contribution in [0.15, 0.2) is 24.3 Å². The van der Waals surface area contributed by atoms with Crippen molar-refractivity contribution >= 4 is 28.9 Å². The number of hydrogen-bond donors (Lipinski definition) is 1. The fraction of sp³-hybridized carbons (Fsp3) is 0.333. The molecule has 0 unspecified atom stereocenters. The van der Waals surface area contributed by atoms with E-state index in [0.29, 0.717) is 5.02 Å². The van der Waals surface area contributed by atoms with Crippen LogP contribution in [0.5, 0.6) is 0 Å². The first kappa shape index (κ1) is 12.4. The van der Waals surface area contributed by atoms with Crippen LogP contribution in [-0.2, 0) is 0 Å². The van der Waals surface area contributed by atoms with Gasteiger partial charge >= 0.3 is 0 Å². The molecule has 1 rings (SSSR count). The summed E-state index contributed by atoms with van der Waals surface area (Å²) in [5.74, 6) is 0. The lowest BCUT2D eigenvalue weighted by molar-refractivity contribution is 1.05. The number of benzene rings is 1. The van der Waals surface area contributed by atoms with Gasteiger partial charge in [-0.1, -0.05) is 42.3 Å². The second kappa shape index (κ2) is 5.43. The van der Waals surface area contributed by atoms with Crippen molar-refractivity contribution in [2.24, 2.45) is 0 Å². The van der Waals surface area contributed by atoms with Crippen LogP contribution in [0.25, 0.3) is 0 Å². The lowest BCUT2D eigenvalue weighted by atomic mass is 10.2. The third-order valence-electron chi connectivity index (χ3n) is 2.28. The molecule has 0 aliphatic carbocycles. The molecule has 1 N–H and O–H groups in total. The first-order valence-corrected chi connectivity index (χ1v) is 5.66. The maximum Gasteiger partial charge on any atom is 0.0641 e. The van der Waals surface area contributed by atoms with Crippen molar-refractivity contribution in [2.75, 3.05) is 11.9 Å². The van der Waals surface area contributed by atoms with E-state index >= 15 is 0 Å². The van der Waals surface area contributed by atoms with Crippen molar-refractivity contribution in [3.05, 3.63) is 39.9 Å². The molecule has 1 aromatic carbocycles. The van der Waals surface area contributed by atoms with E-state index in [9.17, 15) is 0 Å². The molecule has 0 aliphatic heterocycles. The van der Waals surface area contributed by atoms with Crippen molar-refractivity contribution < 1.29 is 0 Å². The summed E-state index contributed by atoms with van der Waals surface area (Å²) in [7, 11) is 0. The van der Waals surface area contributed by atoms with Gasteiger partial charge in [0.1, 0.15) is 0 Å². The van der Waals surface area contributed by atoms with Gasteiger partial charge in [-0.3, -0.25) is 0 Å². The van der Waals surface area contributed by atoms with E-state index in [4.69, 9.17) is 23.2 Å². The zero-order chi connectivity index (χ0) is 11.4. The summed E-state index contributed by atoms with van der Waals surface area (Å²) in [6.07, 6.45) is 0.963. The molecular weight excluding hydrogens is 229 g/mol. The lowest BCUT2D eigenvalue weighted by Crippen LogP contribution is -2.04. The molecular formula is C12H15Cl2N.